The van der Waals surface area contributed by atoms with Crippen LogP contribution in [0.1, 0.15) is 52.5 Å². The highest BCUT2D eigenvalue weighted by molar-refractivity contribution is 6.19. The van der Waals surface area contributed by atoms with Crippen molar-refractivity contribution in [3.05, 3.63) is 94.3 Å². The maximum absolute atomic E-state index is 14.2. The molecule has 1 spiro atoms. The number of nitrogens with one attached hydrogen (secondary N) is 1. The molecule has 3 aliphatic rings. The zero-order valence-electron chi connectivity index (χ0n) is 21.1. The molecule has 0 saturated carbocycles. The van der Waals surface area contributed by atoms with Gasteiger partial charge in [0.25, 0.3) is 5.91 Å². The van der Waals surface area contributed by atoms with E-state index < -0.39 is 17.2 Å². The second-order valence-electron chi connectivity index (χ2n) is 10.8. The van der Waals surface area contributed by atoms with E-state index in [0.717, 1.165) is 60.7 Å². The van der Waals surface area contributed by atoms with Gasteiger partial charge in [0.2, 0.25) is 0 Å². The number of aryl methyl sites for hydroxylation is 1. The summed E-state index contributed by atoms with van der Waals surface area (Å²) in [6.45, 7) is 7.30. The first-order valence-electron chi connectivity index (χ1n) is 12.8. The quantitative estimate of drug-likeness (QED) is 0.412. The lowest BCUT2D eigenvalue weighted by atomic mass is 9.90. The molecule has 2 saturated heterocycles. The first-order valence-corrected chi connectivity index (χ1v) is 12.8. The van der Waals surface area contributed by atoms with Gasteiger partial charge in [-0.1, -0.05) is 11.2 Å². The SMILES string of the molecule is Cc1cc(C2=N[N+]3(CC3)c3ccc(C(=O)NC4(C)CCCN(Cc5c(F)cccc5F)C4)cc32)ccn1. The van der Waals surface area contributed by atoms with E-state index >= 15 is 0 Å². The third-order valence-electron chi connectivity index (χ3n) is 7.71. The van der Waals surface area contributed by atoms with Gasteiger partial charge in [0.1, 0.15) is 17.3 Å². The van der Waals surface area contributed by atoms with Crippen molar-refractivity contribution in [3.63, 3.8) is 0 Å². The highest BCUT2D eigenvalue weighted by Gasteiger charge is 2.53. The number of hydrogen-bond acceptors (Lipinski definition) is 4. The fraction of sp³-hybridized carbons (Fsp3) is 0.345. The third kappa shape index (κ3) is 4.45. The summed E-state index contributed by atoms with van der Waals surface area (Å²) in [5.74, 6) is -1.23. The van der Waals surface area contributed by atoms with Crippen LogP contribution in [0.4, 0.5) is 14.5 Å². The molecule has 1 amide bonds. The van der Waals surface area contributed by atoms with E-state index in [2.05, 4.69) is 10.3 Å². The molecule has 1 aromatic heterocycles. The first kappa shape index (κ1) is 23.9. The van der Waals surface area contributed by atoms with E-state index in [9.17, 15) is 13.6 Å². The van der Waals surface area contributed by atoms with E-state index in [1.54, 1.807) is 6.20 Å². The summed E-state index contributed by atoms with van der Waals surface area (Å²) in [7, 11) is 0. The van der Waals surface area contributed by atoms with Crippen LogP contribution in [0.3, 0.4) is 0 Å². The first-order chi connectivity index (χ1) is 17.8. The molecule has 0 bridgehead atoms. The Kier molecular flexibility index (Phi) is 5.69. The second-order valence-corrected chi connectivity index (χ2v) is 10.8. The Labute approximate surface area is 215 Å². The number of halogens is 2. The number of nitrogens with zero attached hydrogens (tertiary/aromatic N) is 4. The number of piperidine rings is 1. The number of rotatable bonds is 5. The molecule has 2 fully saturated rings. The van der Waals surface area contributed by atoms with Gasteiger partial charge >= 0.3 is 0 Å². The Morgan fingerprint density at radius 1 is 1.14 bits per heavy atom. The number of hydrogen-bond donors (Lipinski definition) is 1. The van der Waals surface area contributed by atoms with Gasteiger partial charge in [-0.05, 0) is 69.6 Å². The molecule has 6 nitrogen and oxygen atoms in total. The van der Waals surface area contributed by atoms with Crippen LogP contribution in [0.15, 0.2) is 59.8 Å². The number of aromatic nitrogens is 1. The van der Waals surface area contributed by atoms with E-state index in [0.29, 0.717) is 16.7 Å². The van der Waals surface area contributed by atoms with Gasteiger partial charge in [-0.3, -0.25) is 14.7 Å². The Morgan fingerprint density at radius 3 is 2.65 bits per heavy atom. The van der Waals surface area contributed by atoms with Gasteiger partial charge in [-0.25, -0.2) is 8.78 Å². The van der Waals surface area contributed by atoms with E-state index in [1.165, 1.54) is 18.2 Å². The van der Waals surface area contributed by atoms with Gasteiger partial charge in [0.15, 0.2) is 18.8 Å². The molecule has 6 rings (SSSR count). The van der Waals surface area contributed by atoms with E-state index in [1.807, 2.05) is 49.1 Å². The molecular formula is C29H30F2N5O+. The smallest absolute Gasteiger partial charge is 0.251 e. The van der Waals surface area contributed by atoms with Crippen LogP contribution in [0, 0.1) is 18.6 Å². The highest BCUT2D eigenvalue weighted by Crippen LogP contribution is 2.43. The van der Waals surface area contributed by atoms with Crippen molar-refractivity contribution in [2.24, 2.45) is 5.10 Å². The standard InChI is InChI=1S/C29H29F2N5O/c1-19-15-20(9-11-32-19)27-22-16-21(7-8-26(22)36(34-27)13-14-36)28(37)33-29(2)10-4-12-35(18-29)17-23-24(30)5-3-6-25(23)31/h3,5-9,11,15-16H,4,10,12-14,17-18H2,1-2H3/p+1. The number of amides is 1. The molecule has 190 valence electrons. The average molecular weight is 503 g/mol. The minimum Gasteiger partial charge on any atom is -0.346 e. The van der Waals surface area contributed by atoms with Crippen molar-refractivity contribution >= 4 is 17.3 Å². The van der Waals surface area contributed by atoms with Crippen molar-refractivity contribution in [2.75, 3.05) is 26.2 Å². The maximum atomic E-state index is 14.2. The topological polar surface area (TPSA) is 57.6 Å². The molecule has 0 radical (unpaired) electrons. The number of benzene rings is 2. The van der Waals surface area contributed by atoms with E-state index in [4.69, 9.17) is 5.10 Å². The number of pyridine rings is 1. The van der Waals surface area contributed by atoms with E-state index in [-0.39, 0.29) is 18.0 Å². The fourth-order valence-electron chi connectivity index (χ4n) is 5.71. The number of carbonyl (C=O) groups excluding carboxylic acids is 1. The predicted octanol–water partition coefficient (Wildman–Crippen LogP) is 4.54. The fourth-order valence-corrected chi connectivity index (χ4v) is 5.71. The molecule has 3 aromatic rings. The Hall–Kier alpha value is -3.49. The summed E-state index contributed by atoms with van der Waals surface area (Å²) in [4.78, 5) is 19.8. The molecular weight excluding hydrogens is 472 g/mol. The Balaban J connectivity index is 1.22. The van der Waals surface area contributed by atoms with Crippen molar-refractivity contribution in [2.45, 2.75) is 38.8 Å². The number of carbonyl (C=O) groups is 1. The van der Waals surface area contributed by atoms with Crippen LogP contribution in [0.2, 0.25) is 0 Å². The van der Waals surface area contributed by atoms with Crippen LogP contribution in [0.25, 0.3) is 0 Å². The highest BCUT2D eigenvalue weighted by atomic mass is 19.1. The van der Waals surface area contributed by atoms with Gasteiger partial charge < -0.3 is 5.32 Å². The second kappa shape index (κ2) is 8.82. The predicted molar refractivity (Wildman–Crippen MR) is 139 cm³/mol. The zero-order chi connectivity index (χ0) is 25.8. The number of quaternary nitrogens is 1. The molecule has 4 heterocycles. The monoisotopic (exact) mass is 502 g/mol. The number of fused-ring (bicyclic) bond motifs is 2. The summed E-state index contributed by atoms with van der Waals surface area (Å²) in [5, 5.41) is 8.26. The molecule has 3 aliphatic heterocycles. The molecule has 8 heteroatoms. The largest absolute Gasteiger partial charge is 0.346 e. The molecule has 37 heavy (non-hydrogen) atoms. The third-order valence-corrected chi connectivity index (χ3v) is 7.71. The lowest BCUT2D eigenvalue weighted by Gasteiger charge is -2.41. The summed E-state index contributed by atoms with van der Waals surface area (Å²) in [6, 6.07) is 13.8. The zero-order valence-corrected chi connectivity index (χ0v) is 21.1. The Bertz CT molecular complexity index is 1410. The minimum atomic E-state index is -0.539. The summed E-state index contributed by atoms with van der Waals surface area (Å²) >= 11 is 0. The van der Waals surface area contributed by atoms with Crippen LogP contribution >= 0.6 is 0 Å². The molecule has 2 aromatic carbocycles. The van der Waals surface area contributed by atoms with Gasteiger partial charge in [0, 0.05) is 47.7 Å². The molecule has 1 N–H and O–H groups in total. The van der Waals surface area contributed by atoms with Gasteiger partial charge in [0.05, 0.1) is 11.1 Å². The van der Waals surface area contributed by atoms with Crippen LogP contribution in [0.5, 0.6) is 0 Å². The van der Waals surface area contributed by atoms with Crippen LogP contribution < -0.4 is 9.91 Å². The summed E-state index contributed by atoms with van der Waals surface area (Å²) in [5.41, 5.74) is 5.08. The van der Waals surface area contributed by atoms with Crippen LogP contribution in [-0.4, -0.2) is 53.2 Å². The van der Waals surface area contributed by atoms with Crippen molar-refractivity contribution in [3.8, 4) is 0 Å². The van der Waals surface area contributed by atoms with Crippen molar-refractivity contribution in [1.29, 1.82) is 0 Å². The minimum absolute atomic E-state index is 0.0713. The van der Waals surface area contributed by atoms with Crippen molar-refractivity contribution < 1.29 is 13.6 Å². The lowest BCUT2D eigenvalue weighted by molar-refractivity contribution is 0.0795. The lowest BCUT2D eigenvalue weighted by Crippen LogP contribution is -2.56. The van der Waals surface area contributed by atoms with Crippen molar-refractivity contribution in [1.82, 2.24) is 19.8 Å². The molecule has 1 atom stereocenters. The molecule has 1 unspecified atom stereocenters. The maximum Gasteiger partial charge on any atom is 0.251 e. The normalized spacial score (nSPS) is 22.0. The molecule has 0 aliphatic carbocycles. The van der Waals surface area contributed by atoms with Gasteiger partial charge in [-0.2, -0.15) is 4.59 Å². The average Bonchev–Trinajstić information content (AvgIpc) is 3.57. The number of likely N-dealkylation sites (tertiary alicyclic amines) is 1. The van der Waals surface area contributed by atoms with Gasteiger partial charge in [-0.15, -0.1) is 0 Å². The Morgan fingerprint density at radius 2 is 1.92 bits per heavy atom. The van der Waals surface area contributed by atoms with Crippen LogP contribution in [-0.2, 0) is 6.54 Å². The summed E-state index contributed by atoms with van der Waals surface area (Å²) < 4.78 is 29.0. The summed E-state index contributed by atoms with van der Waals surface area (Å²) in [6.07, 6.45) is 3.41.